The first-order valence-electron chi connectivity index (χ1n) is 8.69. The predicted molar refractivity (Wildman–Crippen MR) is 104 cm³/mol. The molecule has 2 aromatic heterocycles. The quantitative estimate of drug-likeness (QED) is 0.527. The Bertz CT molecular complexity index is 1040. The molecule has 0 radical (unpaired) electrons. The lowest BCUT2D eigenvalue weighted by Crippen LogP contribution is -2.31. The van der Waals surface area contributed by atoms with Gasteiger partial charge in [0.2, 0.25) is 0 Å². The molecule has 2 heterocycles. The van der Waals surface area contributed by atoms with E-state index in [0.717, 1.165) is 22.6 Å². The lowest BCUT2D eigenvalue weighted by molar-refractivity contribution is 0.0957. The number of hydrogen-bond donors (Lipinski definition) is 0. The second kappa shape index (κ2) is 7.33. The number of benzene rings is 2. The number of rotatable bonds is 5. The number of hydrogen-bond acceptors (Lipinski definition) is 3. The first-order chi connectivity index (χ1) is 13.2. The van der Waals surface area contributed by atoms with Gasteiger partial charge < -0.3 is 8.98 Å². The van der Waals surface area contributed by atoms with Crippen molar-refractivity contribution in [2.75, 3.05) is 4.90 Å². The Morgan fingerprint density at radius 3 is 2.56 bits per heavy atom. The lowest BCUT2D eigenvalue weighted by atomic mass is 10.0. The van der Waals surface area contributed by atoms with Crippen molar-refractivity contribution in [1.29, 1.82) is 0 Å². The normalized spacial score (nSPS) is 10.7. The van der Waals surface area contributed by atoms with Crippen LogP contribution >= 0.6 is 0 Å². The van der Waals surface area contributed by atoms with Crippen molar-refractivity contribution in [2.24, 2.45) is 7.05 Å². The molecule has 0 atom stereocenters. The number of anilines is 1. The molecule has 0 aliphatic rings. The van der Waals surface area contributed by atoms with Gasteiger partial charge in [0.1, 0.15) is 5.82 Å². The Labute approximate surface area is 157 Å². The predicted octanol–water partition coefficient (Wildman–Crippen LogP) is 4.53. The van der Waals surface area contributed by atoms with E-state index in [1.165, 1.54) is 6.26 Å². The fraction of sp³-hybridized carbons (Fsp3) is 0.0909. The Kier molecular flexibility index (Phi) is 4.58. The fourth-order valence-electron chi connectivity index (χ4n) is 2.99. The minimum atomic E-state index is -0.201. The van der Waals surface area contributed by atoms with Crippen LogP contribution < -0.4 is 4.90 Å². The monoisotopic (exact) mass is 357 g/mol. The summed E-state index contributed by atoms with van der Waals surface area (Å²) in [5.74, 6) is 0.891. The van der Waals surface area contributed by atoms with Gasteiger partial charge in [-0.2, -0.15) is 0 Å². The molecule has 0 saturated carbocycles. The van der Waals surface area contributed by atoms with Crippen molar-refractivity contribution in [3.8, 4) is 11.1 Å². The molecule has 27 heavy (non-hydrogen) atoms. The Balaban J connectivity index is 1.74. The van der Waals surface area contributed by atoms with Crippen LogP contribution in [0.1, 0.15) is 16.4 Å². The number of carbonyl (C=O) groups is 1. The standard InChI is InChI=1S/C22H19N3O2/c1-24-13-12-23-21(24)16-25(22(26)20-11-6-14-27-20)19-10-5-9-18(15-19)17-7-3-2-4-8-17/h2-15H,16H2,1H3. The van der Waals surface area contributed by atoms with Crippen molar-refractivity contribution in [2.45, 2.75) is 6.54 Å². The first-order valence-corrected chi connectivity index (χ1v) is 8.69. The number of furan rings is 1. The van der Waals surface area contributed by atoms with Crippen LogP contribution in [0.2, 0.25) is 0 Å². The van der Waals surface area contributed by atoms with Gasteiger partial charge in [0.05, 0.1) is 12.8 Å². The summed E-state index contributed by atoms with van der Waals surface area (Å²) < 4.78 is 7.25. The molecule has 0 N–H and O–H groups in total. The van der Waals surface area contributed by atoms with Crippen LogP contribution in [0.25, 0.3) is 11.1 Å². The smallest absolute Gasteiger partial charge is 0.294 e. The van der Waals surface area contributed by atoms with Crippen molar-refractivity contribution >= 4 is 11.6 Å². The molecule has 5 nitrogen and oxygen atoms in total. The molecule has 5 heteroatoms. The van der Waals surface area contributed by atoms with Crippen molar-refractivity contribution < 1.29 is 9.21 Å². The molecule has 0 fully saturated rings. The maximum Gasteiger partial charge on any atom is 0.294 e. The summed E-state index contributed by atoms with van der Waals surface area (Å²) in [6.07, 6.45) is 5.10. The number of aromatic nitrogens is 2. The number of nitrogens with zero attached hydrogens (tertiary/aromatic N) is 3. The molecule has 0 spiro atoms. The first kappa shape index (κ1) is 16.8. The molecule has 0 saturated heterocycles. The van der Waals surface area contributed by atoms with Gasteiger partial charge in [-0.3, -0.25) is 9.69 Å². The van der Waals surface area contributed by atoms with Gasteiger partial charge in [0, 0.05) is 25.1 Å². The summed E-state index contributed by atoms with van der Waals surface area (Å²) in [6.45, 7) is 0.348. The van der Waals surface area contributed by atoms with Crippen LogP contribution in [0.4, 0.5) is 5.69 Å². The van der Waals surface area contributed by atoms with Gasteiger partial charge in [-0.25, -0.2) is 4.98 Å². The van der Waals surface area contributed by atoms with Gasteiger partial charge in [-0.05, 0) is 35.4 Å². The van der Waals surface area contributed by atoms with Crippen LogP contribution in [0.5, 0.6) is 0 Å². The Morgan fingerprint density at radius 2 is 1.85 bits per heavy atom. The van der Waals surface area contributed by atoms with Crippen LogP contribution in [0.3, 0.4) is 0 Å². The highest BCUT2D eigenvalue weighted by atomic mass is 16.3. The second-order valence-corrected chi connectivity index (χ2v) is 6.24. The van der Waals surface area contributed by atoms with Crippen molar-refractivity contribution in [3.05, 3.63) is 97.0 Å². The molecule has 2 aromatic carbocycles. The van der Waals surface area contributed by atoms with Gasteiger partial charge in [-0.1, -0.05) is 42.5 Å². The molecular formula is C22H19N3O2. The maximum absolute atomic E-state index is 13.1. The van der Waals surface area contributed by atoms with E-state index in [0.29, 0.717) is 12.3 Å². The summed E-state index contributed by atoms with van der Waals surface area (Å²) in [5.41, 5.74) is 2.94. The number of carbonyl (C=O) groups excluding carboxylic acids is 1. The van der Waals surface area contributed by atoms with E-state index in [2.05, 4.69) is 17.1 Å². The minimum absolute atomic E-state index is 0.201. The zero-order valence-electron chi connectivity index (χ0n) is 14.9. The molecule has 0 aliphatic heterocycles. The molecule has 1 amide bonds. The van der Waals surface area contributed by atoms with Crippen LogP contribution in [0.15, 0.2) is 89.8 Å². The summed E-state index contributed by atoms with van der Waals surface area (Å²) >= 11 is 0. The van der Waals surface area contributed by atoms with E-state index in [4.69, 9.17) is 4.42 Å². The van der Waals surface area contributed by atoms with E-state index in [1.807, 2.05) is 60.3 Å². The van der Waals surface area contributed by atoms with E-state index in [9.17, 15) is 4.79 Å². The lowest BCUT2D eigenvalue weighted by Gasteiger charge is -2.22. The summed E-state index contributed by atoms with van der Waals surface area (Å²) in [4.78, 5) is 19.1. The largest absolute Gasteiger partial charge is 0.459 e. The SMILES string of the molecule is Cn1ccnc1CN(C(=O)c1ccco1)c1cccc(-c2ccccc2)c1. The zero-order valence-corrected chi connectivity index (χ0v) is 14.9. The van der Waals surface area contributed by atoms with E-state index < -0.39 is 0 Å². The molecule has 0 aliphatic carbocycles. The summed E-state index contributed by atoms with van der Waals surface area (Å²) in [5, 5.41) is 0. The second-order valence-electron chi connectivity index (χ2n) is 6.24. The third-order valence-electron chi connectivity index (χ3n) is 4.46. The zero-order chi connectivity index (χ0) is 18.6. The third-order valence-corrected chi connectivity index (χ3v) is 4.46. The number of aryl methyl sites for hydroxylation is 1. The highest BCUT2D eigenvalue weighted by Gasteiger charge is 2.22. The average molecular weight is 357 g/mol. The summed E-state index contributed by atoms with van der Waals surface area (Å²) in [7, 11) is 1.91. The van der Waals surface area contributed by atoms with Gasteiger partial charge in [-0.15, -0.1) is 0 Å². The van der Waals surface area contributed by atoms with Gasteiger partial charge in [0.25, 0.3) is 5.91 Å². The van der Waals surface area contributed by atoms with Crippen LogP contribution in [-0.4, -0.2) is 15.5 Å². The molecular weight excluding hydrogens is 338 g/mol. The molecule has 0 unspecified atom stereocenters. The van der Waals surface area contributed by atoms with E-state index in [-0.39, 0.29) is 5.91 Å². The number of imidazole rings is 1. The highest BCUT2D eigenvalue weighted by molar-refractivity contribution is 6.04. The van der Waals surface area contributed by atoms with Crippen LogP contribution in [-0.2, 0) is 13.6 Å². The molecule has 4 aromatic rings. The van der Waals surface area contributed by atoms with E-state index >= 15 is 0 Å². The Hall–Kier alpha value is -3.60. The van der Waals surface area contributed by atoms with Crippen LogP contribution in [0, 0.1) is 0 Å². The van der Waals surface area contributed by atoms with Gasteiger partial charge in [0.15, 0.2) is 5.76 Å². The number of amides is 1. The molecule has 134 valence electrons. The topological polar surface area (TPSA) is 51.3 Å². The minimum Gasteiger partial charge on any atom is -0.459 e. The molecule has 0 bridgehead atoms. The Morgan fingerprint density at radius 1 is 1.04 bits per heavy atom. The van der Waals surface area contributed by atoms with Crippen molar-refractivity contribution in [1.82, 2.24) is 9.55 Å². The van der Waals surface area contributed by atoms with E-state index in [1.54, 1.807) is 23.2 Å². The van der Waals surface area contributed by atoms with Crippen molar-refractivity contribution in [3.63, 3.8) is 0 Å². The third kappa shape index (κ3) is 3.53. The highest BCUT2D eigenvalue weighted by Crippen LogP contribution is 2.27. The average Bonchev–Trinajstić information content (AvgIpc) is 3.38. The summed E-state index contributed by atoms with van der Waals surface area (Å²) in [6, 6.07) is 21.4. The maximum atomic E-state index is 13.1. The molecule has 4 rings (SSSR count). The fourth-order valence-corrected chi connectivity index (χ4v) is 2.99. The van der Waals surface area contributed by atoms with Gasteiger partial charge >= 0.3 is 0 Å².